The number of H-pyrrole nitrogens is 1. The minimum absolute atomic E-state index is 0.0920. The van der Waals surface area contributed by atoms with Crippen LogP contribution in [0.3, 0.4) is 0 Å². The lowest BCUT2D eigenvalue weighted by Crippen LogP contribution is -2.42. The standard InChI is InChI=1S/C19H23N3OS/c1-3-19(2,18-20-11-12-24-18)22-17(23)10-6-7-14-13-21-16-9-5-4-8-15(14)16/h4-5,8-9,11-13,21H,3,6-7,10H2,1-2H3,(H,22,23)/t19-/m0/s1. The molecule has 0 saturated heterocycles. The number of benzene rings is 1. The molecule has 1 atom stereocenters. The number of para-hydroxylation sites is 1. The van der Waals surface area contributed by atoms with Crippen LogP contribution in [-0.4, -0.2) is 15.9 Å². The molecule has 24 heavy (non-hydrogen) atoms. The van der Waals surface area contributed by atoms with Crippen molar-refractivity contribution in [3.8, 4) is 0 Å². The van der Waals surface area contributed by atoms with Crippen molar-refractivity contribution >= 4 is 28.1 Å². The number of hydrogen-bond acceptors (Lipinski definition) is 3. The molecule has 2 N–H and O–H groups in total. The Bertz CT molecular complexity index is 809. The van der Waals surface area contributed by atoms with Crippen molar-refractivity contribution < 1.29 is 4.79 Å². The number of rotatable bonds is 7. The number of amides is 1. The summed E-state index contributed by atoms with van der Waals surface area (Å²) < 4.78 is 0. The summed E-state index contributed by atoms with van der Waals surface area (Å²) in [5.41, 5.74) is 2.06. The summed E-state index contributed by atoms with van der Waals surface area (Å²) in [5.74, 6) is 0.0920. The predicted octanol–water partition coefficient (Wildman–Crippen LogP) is 4.39. The molecule has 2 heterocycles. The second-order valence-electron chi connectivity index (χ2n) is 6.28. The predicted molar refractivity (Wildman–Crippen MR) is 99.1 cm³/mol. The van der Waals surface area contributed by atoms with Crippen molar-refractivity contribution in [3.05, 3.63) is 52.6 Å². The maximum Gasteiger partial charge on any atom is 0.220 e. The van der Waals surface area contributed by atoms with Crippen molar-refractivity contribution in [1.82, 2.24) is 15.3 Å². The van der Waals surface area contributed by atoms with Gasteiger partial charge in [-0.3, -0.25) is 4.79 Å². The minimum atomic E-state index is -0.369. The normalized spacial score (nSPS) is 13.8. The monoisotopic (exact) mass is 341 g/mol. The van der Waals surface area contributed by atoms with E-state index in [4.69, 9.17) is 0 Å². The molecule has 0 unspecified atom stereocenters. The molecule has 0 aliphatic rings. The molecule has 0 spiro atoms. The quantitative estimate of drug-likeness (QED) is 0.669. The van der Waals surface area contributed by atoms with Gasteiger partial charge < -0.3 is 10.3 Å². The number of nitrogens with zero attached hydrogens (tertiary/aromatic N) is 1. The van der Waals surface area contributed by atoms with E-state index in [1.54, 1.807) is 17.5 Å². The molecule has 0 fully saturated rings. The molecule has 0 bridgehead atoms. The Hall–Kier alpha value is -2.14. The first kappa shape index (κ1) is 16.7. The Labute approximate surface area is 146 Å². The molecular weight excluding hydrogens is 318 g/mol. The van der Waals surface area contributed by atoms with Gasteiger partial charge in [0.1, 0.15) is 5.01 Å². The molecule has 5 heteroatoms. The summed E-state index contributed by atoms with van der Waals surface area (Å²) in [5, 5.41) is 7.33. The van der Waals surface area contributed by atoms with Crippen LogP contribution in [0.2, 0.25) is 0 Å². The number of aromatic amines is 1. The Kier molecular flexibility index (Phi) is 5.00. The zero-order valence-corrected chi connectivity index (χ0v) is 15.0. The van der Waals surface area contributed by atoms with E-state index in [0.717, 1.165) is 29.8 Å². The molecule has 3 aromatic rings. The Morgan fingerprint density at radius 1 is 1.38 bits per heavy atom. The van der Waals surface area contributed by atoms with Crippen LogP contribution in [0.25, 0.3) is 10.9 Å². The minimum Gasteiger partial charge on any atom is -0.361 e. The van der Waals surface area contributed by atoms with Crippen molar-refractivity contribution in [3.63, 3.8) is 0 Å². The lowest BCUT2D eigenvalue weighted by molar-refractivity contribution is -0.123. The first-order chi connectivity index (χ1) is 11.6. The number of fused-ring (bicyclic) bond motifs is 1. The van der Waals surface area contributed by atoms with Crippen LogP contribution >= 0.6 is 11.3 Å². The third-order valence-corrected chi connectivity index (χ3v) is 5.59. The highest BCUT2D eigenvalue weighted by atomic mass is 32.1. The number of thiazole rings is 1. The summed E-state index contributed by atoms with van der Waals surface area (Å²) >= 11 is 1.59. The van der Waals surface area contributed by atoms with Crippen LogP contribution in [-0.2, 0) is 16.8 Å². The smallest absolute Gasteiger partial charge is 0.220 e. The Morgan fingerprint density at radius 3 is 2.96 bits per heavy atom. The lowest BCUT2D eigenvalue weighted by Gasteiger charge is -2.27. The zero-order valence-electron chi connectivity index (χ0n) is 14.1. The summed E-state index contributed by atoms with van der Waals surface area (Å²) in [7, 11) is 0. The van der Waals surface area contributed by atoms with Crippen molar-refractivity contribution in [1.29, 1.82) is 0 Å². The average Bonchev–Trinajstić information content (AvgIpc) is 3.25. The fraction of sp³-hybridized carbons (Fsp3) is 0.368. The van der Waals surface area contributed by atoms with Crippen LogP contribution in [0.5, 0.6) is 0 Å². The van der Waals surface area contributed by atoms with Crippen LogP contribution in [0.15, 0.2) is 42.0 Å². The van der Waals surface area contributed by atoms with Gasteiger partial charge in [0.05, 0.1) is 5.54 Å². The van der Waals surface area contributed by atoms with E-state index in [-0.39, 0.29) is 11.4 Å². The summed E-state index contributed by atoms with van der Waals surface area (Å²) in [6.07, 6.45) is 6.93. The number of aromatic nitrogens is 2. The van der Waals surface area contributed by atoms with E-state index in [0.29, 0.717) is 6.42 Å². The zero-order chi connectivity index (χ0) is 17.0. The number of hydrogen-bond donors (Lipinski definition) is 2. The molecule has 0 aliphatic heterocycles. The van der Waals surface area contributed by atoms with Crippen molar-refractivity contribution in [2.75, 3.05) is 0 Å². The SMILES string of the molecule is CC[C@](C)(NC(=O)CCCc1c[nH]c2ccccc12)c1nccs1. The lowest BCUT2D eigenvalue weighted by atomic mass is 9.99. The first-order valence-corrected chi connectivity index (χ1v) is 9.26. The fourth-order valence-electron chi connectivity index (χ4n) is 2.94. The summed E-state index contributed by atoms with van der Waals surface area (Å²) in [6.45, 7) is 4.12. The summed E-state index contributed by atoms with van der Waals surface area (Å²) in [6, 6.07) is 8.28. The number of nitrogens with one attached hydrogen (secondary N) is 2. The highest BCUT2D eigenvalue weighted by Gasteiger charge is 2.28. The van der Waals surface area contributed by atoms with Crippen molar-refractivity contribution in [2.24, 2.45) is 0 Å². The molecule has 1 aromatic carbocycles. The maximum atomic E-state index is 12.4. The second kappa shape index (κ2) is 7.18. The number of carbonyl (C=O) groups is 1. The van der Waals surface area contributed by atoms with Gasteiger partial charge in [-0.1, -0.05) is 25.1 Å². The Balaban J connectivity index is 1.56. The molecule has 0 saturated carbocycles. The molecular formula is C19H23N3OS. The number of carbonyl (C=O) groups excluding carboxylic acids is 1. The van der Waals surface area contributed by atoms with Crippen LogP contribution in [0.4, 0.5) is 0 Å². The van der Waals surface area contributed by atoms with Gasteiger partial charge in [-0.05, 0) is 37.8 Å². The second-order valence-corrected chi connectivity index (χ2v) is 7.18. The summed E-state index contributed by atoms with van der Waals surface area (Å²) in [4.78, 5) is 20.0. The van der Waals surface area contributed by atoms with Gasteiger partial charge in [-0.15, -0.1) is 11.3 Å². The molecule has 126 valence electrons. The molecule has 0 aliphatic carbocycles. The van der Waals surface area contributed by atoms with Gasteiger partial charge in [0, 0.05) is 35.1 Å². The van der Waals surface area contributed by atoms with E-state index in [2.05, 4.69) is 34.3 Å². The van der Waals surface area contributed by atoms with Gasteiger partial charge in [-0.2, -0.15) is 0 Å². The average molecular weight is 341 g/mol. The highest BCUT2D eigenvalue weighted by Crippen LogP contribution is 2.26. The maximum absolute atomic E-state index is 12.4. The molecule has 4 nitrogen and oxygen atoms in total. The first-order valence-electron chi connectivity index (χ1n) is 8.38. The van der Waals surface area contributed by atoms with Crippen LogP contribution < -0.4 is 5.32 Å². The molecule has 2 aromatic heterocycles. The van der Waals surface area contributed by atoms with E-state index >= 15 is 0 Å². The van der Waals surface area contributed by atoms with Gasteiger partial charge >= 0.3 is 0 Å². The molecule has 1 amide bonds. The van der Waals surface area contributed by atoms with E-state index in [1.165, 1.54) is 10.9 Å². The highest BCUT2D eigenvalue weighted by molar-refractivity contribution is 7.09. The van der Waals surface area contributed by atoms with E-state index in [1.807, 2.05) is 30.6 Å². The Morgan fingerprint density at radius 2 is 2.21 bits per heavy atom. The van der Waals surface area contributed by atoms with E-state index < -0.39 is 0 Å². The van der Waals surface area contributed by atoms with E-state index in [9.17, 15) is 4.79 Å². The third-order valence-electron chi connectivity index (χ3n) is 4.55. The topological polar surface area (TPSA) is 57.8 Å². The third kappa shape index (κ3) is 3.51. The van der Waals surface area contributed by atoms with Gasteiger partial charge in [0.2, 0.25) is 5.91 Å². The van der Waals surface area contributed by atoms with Gasteiger partial charge in [-0.25, -0.2) is 4.98 Å². The van der Waals surface area contributed by atoms with Crippen molar-refractivity contribution in [2.45, 2.75) is 45.1 Å². The molecule has 0 radical (unpaired) electrons. The van der Waals surface area contributed by atoms with Crippen LogP contribution in [0.1, 0.15) is 43.7 Å². The van der Waals surface area contributed by atoms with Gasteiger partial charge in [0.15, 0.2) is 0 Å². The fourth-order valence-corrected chi connectivity index (χ4v) is 3.76. The van der Waals surface area contributed by atoms with Gasteiger partial charge in [0.25, 0.3) is 0 Å². The molecule has 3 rings (SSSR count). The van der Waals surface area contributed by atoms with Crippen LogP contribution in [0, 0.1) is 0 Å². The number of aryl methyl sites for hydroxylation is 1. The largest absolute Gasteiger partial charge is 0.361 e.